The third-order valence-electron chi connectivity index (χ3n) is 11.6. The van der Waals surface area contributed by atoms with Crippen LogP contribution in [0.4, 0.5) is 13.2 Å². The molecule has 1 aromatic carbocycles. The molecule has 0 radical (unpaired) electrons. The van der Waals surface area contributed by atoms with Crippen molar-refractivity contribution in [3.05, 3.63) is 29.3 Å². The number of hydrogen-bond donors (Lipinski definition) is 1. The second-order valence-electron chi connectivity index (χ2n) is 16.7. The molecule has 3 saturated carbocycles. The van der Waals surface area contributed by atoms with Crippen molar-refractivity contribution in [2.45, 2.75) is 129 Å². The molecule has 0 spiro atoms. The van der Waals surface area contributed by atoms with Crippen LogP contribution in [-0.2, 0) is 38.4 Å². The zero-order valence-electron chi connectivity index (χ0n) is 32.6. The molecule has 4 fully saturated rings. The van der Waals surface area contributed by atoms with Crippen molar-refractivity contribution in [3.8, 4) is 11.6 Å². The molecular formula is C39H49ClF3N3O10S. The highest BCUT2D eigenvalue weighted by Gasteiger charge is 2.63. The lowest BCUT2D eigenvalue weighted by atomic mass is 9.77. The smallest absolute Gasteiger partial charge is 0.428 e. The van der Waals surface area contributed by atoms with Gasteiger partial charge in [-0.3, -0.25) is 23.4 Å². The number of ether oxygens (including phenoxy) is 3. The van der Waals surface area contributed by atoms with E-state index in [1.807, 2.05) is 11.6 Å². The summed E-state index contributed by atoms with van der Waals surface area (Å²) in [6.45, 7) is 8.69. The number of alkyl halides is 3. The first-order chi connectivity index (χ1) is 26.6. The second-order valence-corrected chi connectivity index (χ2v) is 18.5. The van der Waals surface area contributed by atoms with Crippen molar-refractivity contribution in [2.24, 2.45) is 22.7 Å². The van der Waals surface area contributed by atoms with Gasteiger partial charge in [-0.15, -0.1) is 0 Å². The van der Waals surface area contributed by atoms with Crippen LogP contribution in [0, 0.1) is 22.7 Å². The molecule has 2 amide bonds. The van der Waals surface area contributed by atoms with Crippen molar-refractivity contribution in [1.29, 1.82) is 0 Å². The summed E-state index contributed by atoms with van der Waals surface area (Å²) in [7, 11) is -4.44. The molecule has 0 bridgehead atoms. The highest BCUT2D eigenvalue weighted by Crippen LogP contribution is 2.58. The number of fused-ring (bicyclic) bond motifs is 1. The highest BCUT2D eigenvalue weighted by molar-refractivity contribution is 7.85. The third kappa shape index (κ3) is 9.14. The van der Waals surface area contributed by atoms with Gasteiger partial charge in [-0.05, 0) is 68.9 Å². The van der Waals surface area contributed by atoms with Crippen molar-refractivity contribution < 1.29 is 59.2 Å². The van der Waals surface area contributed by atoms with E-state index >= 15 is 0 Å². The van der Waals surface area contributed by atoms with Crippen LogP contribution in [0.1, 0.15) is 98.8 Å². The number of amides is 2. The summed E-state index contributed by atoms with van der Waals surface area (Å²) in [5, 5.41) is 0.852. The van der Waals surface area contributed by atoms with E-state index < -0.39 is 93.5 Å². The highest BCUT2D eigenvalue weighted by atomic mass is 35.5. The lowest BCUT2D eigenvalue weighted by Gasteiger charge is -2.42. The molecule has 314 valence electrons. The summed E-state index contributed by atoms with van der Waals surface area (Å²) in [5.74, 6) is -4.32. The van der Waals surface area contributed by atoms with Gasteiger partial charge in [-0.25, -0.2) is 9.71 Å². The van der Waals surface area contributed by atoms with E-state index in [1.54, 1.807) is 52.0 Å². The Morgan fingerprint density at radius 3 is 2.35 bits per heavy atom. The van der Waals surface area contributed by atoms with Crippen LogP contribution in [0.15, 0.2) is 24.3 Å². The monoisotopic (exact) mass is 843 g/mol. The molecule has 6 rings (SSSR count). The Bertz CT molecular complexity index is 2020. The number of benzene rings is 1. The Labute approximate surface area is 334 Å². The molecule has 2 aromatic rings. The van der Waals surface area contributed by atoms with Gasteiger partial charge >= 0.3 is 22.4 Å². The normalized spacial score (nSPS) is 25.0. The first-order valence-corrected chi connectivity index (χ1v) is 21.2. The average molecular weight is 844 g/mol. The van der Waals surface area contributed by atoms with Gasteiger partial charge in [-0.2, -0.15) is 21.6 Å². The summed E-state index contributed by atoms with van der Waals surface area (Å²) in [4.78, 5) is 61.8. The van der Waals surface area contributed by atoms with Crippen LogP contribution < -0.4 is 14.2 Å². The Hall–Kier alpha value is -3.70. The molecule has 18 heteroatoms. The summed E-state index contributed by atoms with van der Waals surface area (Å²) < 4.78 is 91.3. The van der Waals surface area contributed by atoms with Crippen molar-refractivity contribution in [1.82, 2.24) is 14.6 Å². The molecular weight excluding hydrogens is 795 g/mol. The van der Waals surface area contributed by atoms with Gasteiger partial charge < -0.3 is 19.1 Å². The molecule has 1 aromatic heterocycles. The summed E-state index contributed by atoms with van der Waals surface area (Å²) in [6, 6.07) is 5.45. The number of para-hydroxylation sites is 1. The minimum Gasteiger partial charge on any atom is -0.488 e. The van der Waals surface area contributed by atoms with Gasteiger partial charge in [0.1, 0.15) is 11.9 Å². The lowest BCUT2D eigenvalue weighted by molar-refractivity contribution is -0.294. The quantitative estimate of drug-likeness (QED) is 0.180. The van der Waals surface area contributed by atoms with E-state index in [2.05, 4.69) is 4.98 Å². The van der Waals surface area contributed by atoms with E-state index in [4.69, 9.17) is 30.0 Å². The van der Waals surface area contributed by atoms with Gasteiger partial charge in [0.2, 0.25) is 23.3 Å². The lowest BCUT2D eigenvalue weighted by Crippen LogP contribution is -2.54. The number of ketones is 1. The number of pyridine rings is 1. The fourth-order valence-corrected chi connectivity index (χ4v) is 9.17. The van der Waals surface area contributed by atoms with Gasteiger partial charge in [0.15, 0.2) is 5.78 Å². The number of halogens is 4. The van der Waals surface area contributed by atoms with Crippen LogP contribution in [0.3, 0.4) is 0 Å². The summed E-state index contributed by atoms with van der Waals surface area (Å²) >= 11 is 6.48. The Morgan fingerprint density at radius 1 is 1.09 bits per heavy atom. The SMILES string of the molecule is CCOc1cc(O[C@@H]2C[C@@H](C(=O)C[C@]3(C(=O)NS(=O)(=O)OC4CC4)C[C@H]3CC)N(C(=O)[C@@H](CC(=O)OC3(C(F)(F)F)CCC3)C(C)(C)C)C2)c2cccc(Cl)c2n1. The van der Waals surface area contributed by atoms with E-state index in [9.17, 15) is 40.8 Å². The first-order valence-electron chi connectivity index (χ1n) is 19.4. The summed E-state index contributed by atoms with van der Waals surface area (Å²) in [5.41, 5.74) is -4.59. The average Bonchev–Trinajstić information content (AvgIpc) is 4.00. The zero-order valence-corrected chi connectivity index (χ0v) is 34.2. The number of aromatic nitrogens is 1. The minimum atomic E-state index is -4.78. The summed E-state index contributed by atoms with van der Waals surface area (Å²) in [6.07, 6.45) is -6.03. The van der Waals surface area contributed by atoms with E-state index in [0.717, 1.165) is 0 Å². The largest absolute Gasteiger partial charge is 0.488 e. The molecule has 5 atom stereocenters. The number of likely N-dealkylation sites (tertiary alicyclic amines) is 1. The Morgan fingerprint density at radius 2 is 1.79 bits per heavy atom. The van der Waals surface area contributed by atoms with Gasteiger partial charge in [0, 0.05) is 24.3 Å². The number of carbonyl (C=O) groups excluding carboxylic acids is 4. The maximum atomic E-state index is 14.7. The predicted octanol–water partition coefficient (Wildman–Crippen LogP) is 6.63. The Balaban J connectivity index is 1.30. The van der Waals surface area contributed by atoms with Crippen LogP contribution in [0.2, 0.25) is 5.02 Å². The fraction of sp³-hybridized carbons (Fsp3) is 0.667. The first kappa shape index (κ1) is 42.9. The number of hydrogen-bond acceptors (Lipinski definition) is 11. The van der Waals surface area contributed by atoms with Crippen LogP contribution in [0.5, 0.6) is 11.6 Å². The zero-order chi connectivity index (χ0) is 41.7. The van der Waals surface area contributed by atoms with Gasteiger partial charge in [0.25, 0.3) is 0 Å². The van der Waals surface area contributed by atoms with Gasteiger partial charge in [0.05, 0.1) is 53.6 Å². The van der Waals surface area contributed by atoms with E-state index in [0.29, 0.717) is 40.9 Å². The molecule has 1 N–H and O–H groups in total. The van der Waals surface area contributed by atoms with Crippen molar-refractivity contribution in [2.75, 3.05) is 13.2 Å². The Kier molecular flexibility index (Phi) is 11.9. The van der Waals surface area contributed by atoms with Gasteiger partial charge in [-0.1, -0.05) is 51.8 Å². The standard InChI is InChI=1S/C39H49ClF3N3O10S/c1-6-22-19-37(22,35(50)45-57(51,52)56-23-12-13-23)20-29(47)28-16-24(54-30-18-31(53-7-2)44-33-25(30)10-8-11-27(33)40)21-46(28)34(49)26(36(3,4)5)17-32(48)55-38(14-9-15-38)39(41,42)43/h8,10-11,18,22-24,26,28H,6-7,9,12-17,19-21H2,1-5H3,(H,45,50)/t22-,24-,26-,28+,37-/m1/s1. The maximum absolute atomic E-state index is 14.7. The molecule has 1 saturated heterocycles. The number of esters is 1. The molecule has 57 heavy (non-hydrogen) atoms. The topological polar surface area (TPSA) is 167 Å². The number of nitrogens with zero attached hydrogens (tertiary/aromatic N) is 2. The molecule has 2 heterocycles. The number of rotatable bonds is 16. The van der Waals surface area contributed by atoms with Crippen LogP contribution >= 0.6 is 11.6 Å². The molecule has 0 unspecified atom stereocenters. The predicted molar refractivity (Wildman–Crippen MR) is 200 cm³/mol. The minimum absolute atomic E-state index is 0.0605. The molecule has 4 aliphatic rings. The number of carbonyl (C=O) groups is 4. The van der Waals surface area contributed by atoms with Crippen LogP contribution in [-0.4, -0.2) is 85.0 Å². The molecule has 13 nitrogen and oxygen atoms in total. The molecule has 1 aliphatic heterocycles. The molecule has 3 aliphatic carbocycles. The number of nitrogens with one attached hydrogen (secondary N) is 1. The number of Topliss-reactive ketones (excluding diaryl/α,β-unsaturated/α-hetero) is 1. The second kappa shape index (κ2) is 15.8. The van der Waals surface area contributed by atoms with Crippen molar-refractivity contribution in [3.63, 3.8) is 0 Å². The van der Waals surface area contributed by atoms with E-state index in [-0.39, 0.29) is 57.1 Å². The fourth-order valence-electron chi connectivity index (χ4n) is 7.92. The van der Waals surface area contributed by atoms with Crippen molar-refractivity contribution >= 4 is 56.4 Å². The van der Waals surface area contributed by atoms with Crippen LogP contribution in [0.25, 0.3) is 10.9 Å². The van der Waals surface area contributed by atoms with E-state index in [1.165, 1.54) is 4.90 Å². The maximum Gasteiger partial charge on any atom is 0.428 e. The third-order valence-corrected chi connectivity index (χ3v) is 12.9.